The van der Waals surface area contributed by atoms with Gasteiger partial charge in [-0.1, -0.05) is 0 Å². The summed E-state index contributed by atoms with van der Waals surface area (Å²) in [5, 5.41) is 0. The quantitative estimate of drug-likeness (QED) is 0.418. The highest BCUT2D eigenvalue weighted by atomic mass is 19.4. The molecule has 0 spiro atoms. The first-order chi connectivity index (χ1) is 14.6. The van der Waals surface area contributed by atoms with Gasteiger partial charge >= 0.3 is 6.18 Å². The molecule has 0 fully saturated rings. The predicted octanol–water partition coefficient (Wildman–Crippen LogP) is 2.88. The molecule has 1 aliphatic heterocycles. The van der Waals surface area contributed by atoms with Gasteiger partial charge in [0.25, 0.3) is 6.02 Å². The molecule has 1 aliphatic rings. The summed E-state index contributed by atoms with van der Waals surface area (Å²) >= 11 is 0. The van der Waals surface area contributed by atoms with E-state index in [0.29, 0.717) is 5.75 Å². The number of ether oxygens (including phenoxy) is 2. The van der Waals surface area contributed by atoms with Crippen molar-refractivity contribution in [3.05, 3.63) is 53.4 Å². The van der Waals surface area contributed by atoms with Gasteiger partial charge in [-0.05, 0) is 23.8 Å². The van der Waals surface area contributed by atoms with Crippen LogP contribution in [0.3, 0.4) is 0 Å². The highest BCUT2D eigenvalue weighted by molar-refractivity contribution is 5.95. The summed E-state index contributed by atoms with van der Waals surface area (Å²) in [6.45, 7) is -1.49. The van der Waals surface area contributed by atoms with Crippen molar-refractivity contribution in [2.24, 2.45) is 10.7 Å². The van der Waals surface area contributed by atoms with E-state index in [1.54, 1.807) is 0 Å². The van der Waals surface area contributed by atoms with Crippen molar-refractivity contribution in [2.75, 3.05) is 13.8 Å². The number of Topliss-reactive ketones (excluding diaryl/α,β-unsaturated/α-hetero) is 1. The van der Waals surface area contributed by atoms with Gasteiger partial charge in [-0.15, -0.1) is 0 Å². The number of amidine groups is 1. The zero-order valence-corrected chi connectivity index (χ0v) is 16.1. The van der Waals surface area contributed by atoms with Crippen molar-refractivity contribution in [2.45, 2.75) is 30.7 Å². The second kappa shape index (κ2) is 8.44. The largest absolute Gasteiger partial charge is 0.495 e. The number of alkyl halides is 4. The van der Waals surface area contributed by atoms with Crippen molar-refractivity contribution in [3.63, 3.8) is 0 Å². The Morgan fingerprint density at radius 2 is 2.06 bits per heavy atom. The predicted molar refractivity (Wildman–Crippen MR) is 97.8 cm³/mol. The van der Waals surface area contributed by atoms with Crippen molar-refractivity contribution in [1.29, 1.82) is 0 Å². The Kier molecular flexibility index (Phi) is 6.09. The van der Waals surface area contributed by atoms with E-state index in [9.17, 15) is 26.7 Å². The lowest BCUT2D eigenvalue weighted by Crippen LogP contribution is -2.48. The lowest BCUT2D eigenvalue weighted by atomic mass is 9.85. The molecule has 0 saturated carbocycles. The fraction of sp³-hybridized carbons (Fsp3) is 0.368. The van der Waals surface area contributed by atoms with Crippen LogP contribution in [0.15, 0.2) is 35.6 Å². The maximum Gasteiger partial charge on any atom is 0.425 e. The van der Waals surface area contributed by atoms with Crippen LogP contribution in [-0.2, 0) is 16.7 Å². The molecule has 0 radical (unpaired) electrons. The molecule has 2 atom stereocenters. The normalized spacial score (nSPS) is 21.2. The third-order valence-electron chi connectivity index (χ3n) is 4.72. The average molecular weight is 444 g/mol. The van der Waals surface area contributed by atoms with Crippen LogP contribution in [0.4, 0.5) is 22.0 Å². The molecule has 166 valence electrons. The van der Waals surface area contributed by atoms with Crippen molar-refractivity contribution in [3.8, 4) is 5.75 Å². The number of ketones is 1. The molecule has 3 heterocycles. The molecule has 12 heteroatoms. The summed E-state index contributed by atoms with van der Waals surface area (Å²) in [5.41, 5.74) is 2.69. The van der Waals surface area contributed by atoms with Crippen molar-refractivity contribution in [1.82, 2.24) is 9.97 Å². The summed E-state index contributed by atoms with van der Waals surface area (Å²) in [7, 11) is 1.43. The third-order valence-corrected chi connectivity index (χ3v) is 4.72. The Balaban J connectivity index is 1.93. The van der Waals surface area contributed by atoms with Gasteiger partial charge in [0, 0.05) is 24.6 Å². The van der Waals surface area contributed by atoms with E-state index in [4.69, 9.17) is 10.5 Å². The number of hydrogen-bond donors (Lipinski definition) is 1. The molecule has 2 aromatic heterocycles. The molecule has 2 N–H and O–H groups in total. The smallest absolute Gasteiger partial charge is 0.425 e. The number of aromatic nitrogens is 2. The first-order valence-corrected chi connectivity index (χ1v) is 8.91. The monoisotopic (exact) mass is 444 g/mol. The number of carbonyl (C=O) groups is 1. The number of halogens is 5. The van der Waals surface area contributed by atoms with Gasteiger partial charge in [-0.2, -0.15) is 17.6 Å². The Morgan fingerprint density at radius 1 is 1.32 bits per heavy atom. The lowest BCUT2D eigenvalue weighted by molar-refractivity contribution is -0.209. The maximum atomic E-state index is 14.5. The molecule has 0 aliphatic carbocycles. The van der Waals surface area contributed by atoms with Crippen LogP contribution in [0.1, 0.15) is 28.0 Å². The Bertz CT molecular complexity index is 997. The Labute approximate surface area is 173 Å². The summed E-state index contributed by atoms with van der Waals surface area (Å²) in [6, 6.07) is 3.07. The molecular formula is C19H17F5N4O3. The number of hydrogen-bond acceptors (Lipinski definition) is 7. The number of nitrogens with two attached hydrogens (primary N) is 1. The van der Waals surface area contributed by atoms with Gasteiger partial charge in [-0.25, -0.2) is 19.4 Å². The highest BCUT2D eigenvalue weighted by Gasteiger charge is 2.52. The van der Waals surface area contributed by atoms with Crippen LogP contribution in [0.5, 0.6) is 5.75 Å². The zero-order chi connectivity index (χ0) is 22.8. The summed E-state index contributed by atoms with van der Waals surface area (Å²) in [5.74, 6) is -1.27. The number of nitrogens with zero attached hydrogens (tertiary/aromatic N) is 3. The average Bonchev–Trinajstić information content (AvgIpc) is 2.74. The first-order valence-electron chi connectivity index (χ1n) is 8.91. The third kappa shape index (κ3) is 4.72. The van der Waals surface area contributed by atoms with E-state index < -0.39 is 54.2 Å². The molecule has 31 heavy (non-hydrogen) atoms. The van der Waals surface area contributed by atoms with Gasteiger partial charge in [0.05, 0.1) is 13.3 Å². The summed E-state index contributed by atoms with van der Waals surface area (Å²) in [6.07, 6.45) is -6.34. The van der Waals surface area contributed by atoms with E-state index in [1.165, 1.54) is 25.4 Å². The van der Waals surface area contributed by atoms with Crippen LogP contribution in [0.25, 0.3) is 0 Å². The van der Waals surface area contributed by atoms with E-state index in [2.05, 4.69) is 19.7 Å². The van der Waals surface area contributed by atoms with E-state index in [1.807, 2.05) is 0 Å². The molecule has 0 bridgehead atoms. The van der Waals surface area contributed by atoms with E-state index >= 15 is 0 Å². The minimum Gasteiger partial charge on any atom is -0.495 e. The van der Waals surface area contributed by atoms with Gasteiger partial charge in [0.15, 0.2) is 11.9 Å². The molecule has 0 saturated heterocycles. The number of aliphatic imine (C=N–C) groups is 1. The maximum absolute atomic E-state index is 14.5. The zero-order valence-electron chi connectivity index (χ0n) is 16.1. The fourth-order valence-corrected chi connectivity index (χ4v) is 3.14. The van der Waals surface area contributed by atoms with E-state index in [0.717, 1.165) is 12.3 Å². The van der Waals surface area contributed by atoms with Crippen LogP contribution in [-0.4, -0.2) is 47.8 Å². The van der Waals surface area contributed by atoms with Crippen LogP contribution >= 0.6 is 0 Å². The minimum atomic E-state index is -4.88. The first kappa shape index (κ1) is 22.4. The van der Waals surface area contributed by atoms with Crippen LogP contribution in [0, 0.1) is 5.95 Å². The second-order valence-corrected chi connectivity index (χ2v) is 6.83. The van der Waals surface area contributed by atoms with Gasteiger partial charge in [-0.3, -0.25) is 4.79 Å². The summed E-state index contributed by atoms with van der Waals surface area (Å²) < 4.78 is 77.4. The summed E-state index contributed by atoms with van der Waals surface area (Å²) in [4.78, 5) is 23.5. The number of methoxy groups -OCH3 is 1. The number of pyridine rings is 2. The molecule has 2 aromatic rings. The molecule has 0 amide bonds. The van der Waals surface area contributed by atoms with Crippen LogP contribution in [0.2, 0.25) is 0 Å². The topological polar surface area (TPSA) is 99.7 Å². The molecule has 0 unspecified atom stereocenters. The Morgan fingerprint density at radius 3 is 2.65 bits per heavy atom. The van der Waals surface area contributed by atoms with Crippen LogP contribution < -0.4 is 10.5 Å². The number of rotatable bonds is 6. The Hall–Kier alpha value is -3.31. The highest BCUT2D eigenvalue weighted by Crippen LogP contribution is 2.41. The molecule has 7 nitrogen and oxygen atoms in total. The molecular weight excluding hydrogens is 427 g/mol. The fourth-order valence-electron chi connectivity index (χ4n) is 3.14. The minimum absolute atomic E-state index is 0.0809. The SMILES string of the molecule is COc1ccc(C(=O)Cc2cnc(F)c([C@]3(CF)C[C@@H](C(F)(F)F)OC(N)=N3)c2)nc1. The van der Waals surface area contributed by atoms with Gasteiger partial charge < -0.3 is 15.2 Å². The van der Waals surface area contributed by atoms with Crippen molar-refractivity contribution >= 4 is 11.8 Å². The van der Waals surface area contributed by atoms with Crippen molar-refractivity contribution < 1.29 is 36.2 Å². The molecule has 3 rings (SSSR count). The van der Waals surface area contributed by atoms with Gasteiger partial charge in [0.2, 0.25) is 5.95 Å². The van der Waals surface area contributed by atoms with Gasteiger partial charge in [0.1, 0.15) is 23.7 Å². The van der Waals surface area contributed by atoms with E-state index in [-0.39, 0.29) is 17.7 Å². The standard InChI is InChI=1S/C19H17F5N4O3/c1-30-11-2-3-13(26-8-11)14(29)5-10-4-12(16(21)27-7-10)18(9-20)6-15(19(22,23)24)31-17(25)28-18/h2-4,7-8,15H,5-6,9H2,1H3,(H2,25,28)/t15-,18+/m0/s1. The number of carbonyl (C=O) groups excluding carboxylic acids is 1. The second-order valence-electron chi connectivity index (χ2n) is 6.83. The molecule has 0 aromatic carbocycles. The lowest BCUT2D eigenvalue weighted by Gasteiger charge is -2.36.